The Morgan fingerprint density at radius 3 is 2.23 bits per heavy atom. The van der Waals surface area contributed by atoms with E-state index in [1.807, 2.05) is 0 Å². The number of rotatable bonds is 6. The van der Waals surface area contributed by atoms with E-state index in [1.54, 1.807) is 6.92 Å². The average molecular weight is 258 g/mol. The summed E-state index contributed by atoms with van der Waals surface area (Å²) in [6.45, 7) is 8.17. The number of hydrogen-bond donors (Lipinski definition) is 0. The van der Waals surface area contributed by atoms with Crippen molar-refractivity contribution in [1.82, 2.24) is 0 Å². The number of Topliss-reactive ketones (excluding diaryl/α,β-unsaturated/α-hetero) is 1. The molecule has 0 aromatic heterocycles. The van der Waals surface area contributed by atoms with Gasteiger partial charge in [0.25, 0.3) is 0 Å². The SMILES string of the molecule is C[CH-]C[C@@H](C)C[C@@H](C)CC(C)=O.[Y]. The van der Waals surface area contributed by atoms with E-state index in [2.05, 4.69) is 27.2 Å². The molecule has 0 fully saturated rings. The quantitative estimate of drug-likeness (QED) is 0.668. The molecule has 1 nitrogen and oxygen atoms in total. The molecular weight excluding hydrogens is 237 g/mol. The van der Waals surface area contributed by atoms with Crippen molar-refractivity contribution in [3.63, 3.8) is 0 Å². The third-order valence-corrected chi connectivity index (χ3v) is 2.08. The maximum absolute atomic E-state index is 10.8. The fourth-order valence-electron chi connectivity index (χ4n) is 1.76. The van der Waals surface area contributed by atoms with E-state index in [-0.39, 0.29) is 32.7 Å². The predicted octanol–water partition coefficient (Wildman–Crippen LogP) is 3.24. The van der Waals surface area contributed by atoms with Crippen LogP contribution < -0.4 is 0 Å². The molecule has 0 heterocycles. The molecule has 0 bridgehead atoms. The van der Waals surface area contributed by atoms with Crippen LogP contribution in [0.1, 0.15) is 47.0 Å². The molecule has 75 valence electrons. The van der Waals surface area contributed by atoms with E-state index < -0.39 is 0 Å². The summed E-state index contributed by atoms with van der Waals surface area (Å²) in [5.74, 6) is 1.59. The molecule has 13 heavy (non-hydrogen) atoms. The number of hydrogen-bond acceptors (Lipinski definition) is 1. The van der Waals surface area contributed by atoms with E-state index in [0.29, 0.717) is 11.7 Å². The minimum atomic E-state index is 0. The fourth-order valence-corrected chi connectivity index (χ4v) is 1.76. The van der Waals surface area contributed by atoms with Gasteiger partial charge in [0.15, 0.2) is 0 Å². The second-order valence-electron chi connectivity index (χ2n) is 4.00. The van der Waals surface area contributed by atoms with Crippen LogP contribution >= 0.6 is 0 Å². The van der Waals surface area contributed by atoms with Gasteiger partial charge in [-0.2, -0.15) is 13.3 Å². The van der Waals surface area contributed by atoms with Crippen LogP contribution in [-0.2, 0) is 37.5 Å². The standard InChI is InChI=1S/C11H21O.Y/c1-5-6-9(2)7-10(3)8-11(4)12;/h5,9-10H,6-8H2,1-4H3;/q-1;/t9-,10-;/m1./s1. The Hall–Kier alpha value is 0.774. The summed E-state index contributed by atoms with van der Waals surface area (Å²) in [6, 6.07) is 0. The molecule has 0 unspecified atom stereocenters. The van der Waals surface area contributed by atoms with Crippen molar-refractivity contribution in [2.24, 2.45) is 11.8 Å². The van der Waals surface area contributed by atoms with Gasteiger partial charge >= 0.3 is 0 Å². The van der Waals surface area contributed by atoms with E-state index in [0.717, 1.165) is 12.3 Å². The second kappa shape index (κ2) is 9.33. The Bertz CT molecular complexity index is 134. The van der Waals surface area contributed by atoms with Crippen LogP contribution in [0.15, 0.2) is 0 Å². The smallest absolute Gasteiger partial charge is 0.130 e. The van der Waals surface area contributed by atoms with Crippen LogP contribution in [0.4, 0.5) is 0 Å². The van der Waals surface area contributed by atoms with Gasteiger partial charge in [-0.15, -0.1) is 0 Å². The van der Waals surface area contributed by atoms with Gasteiger partial charge in [-0.25, -0.2) is 0 Å². The molecule has 0 aromatic carbocycles. The Balaban J connectivity index is 0. The van der Waals surface area contributed by atoms with Gasteiger partial charge in [0.05, 0.1) is 0 Å². The van der Waals surface area contributed by atoms with Gasteiger partial charge in [-0.05, 0) is 12.8 Å². The first-order valence-corrected chi connectivity index (χ1v) is 4.83. The van der Waals surface area contributed by atoms with Crippen LogP contribution in [-0.4, -0.2) is 5.78 Å². The minimum absolute atomic E-state index is 0. The molecule has 0 amide bonds. The molecule has 0 aliphatic carbocycles. The molecule has 0 aromatic rings. The van der Waals surface area contributed by atoms with Gasteiger partial charge in [-0.1, -0.05) is 26.2 Å². The van der Waals surface area contributed by atoms with Crippen molar-refractivity contribution in [2.45, 2.75) is 47.0 Å². The van der Waals surface area contributed by atoms with Crippen LogP contribution in [0.3, 0.4) is 0 Å². The van der Waals surface area contributed by atoms with Gasteiger partial charge in [-0.3, -0.25) is 0 Å². The van der Waals surface area contributed by atoms with Crippen molar-refractivity contribution in [3.8, 4) is 0 Å². The van der Waals surface area contributed by atoms with Crippen molar-refractivity contribution in [3.05, 3.63) is 6.42 Å². The van der Waals surface area contributed by atoms with Crippen LogP contribution in [0.5, 0.6) is 0 Å². The molecule has 1 radical (unpaired) electrons. The first-order chi connectivity index (χ1) is 5.56. The average Bonchev–Trinajstić information content (AvgIpc) is 1.84. The zero-order valence-electron chi connectivity index (χ0n) is 9.34. The number of carbonyl (C=O) groups is 1. The molecule has 0 spiro atoms. The summed E-state index contributed by atoms with van der Waals surface area (Å²) in [4.78, 5) is 10.8. The topological polar surface area (TPSA) is 17.1 Å². The summed E-state index contributed by atoms with van der Waals surface area (Å²) >= 11 is 0. The second-order valence-corrected chi connectivity index (χ2v) is 4.00. The summed E-state index contributed by atoms with van der Waals surface area (Å²) in [5, 5.41) is 0. The van der Waals surface area contributed by atoms with E-state index in [4.69, 9.17) is 0 Å². The van der Waals surface area contributed by atoms with Gasteiger partial charge in [0, 0.05) is 39.1 Å². The predicted molar refractivity (Wildman–Crippen MR) is 52.8 cm³/mol. The van der Waals surface area contributed by atoms with E-state index in [1.165, 1.54) is 12.8 Å². The summed E-state index contributed by atoms with van der Waals surface area (Å²) in [5.41, 5.74) is 0. The maximum Gasteiger partial charge on any atom is 0.130 e. The molecular formula is C11H21OY-. The molecule has 0 aliphatic rings. The van der Waals surface area contributed by atoms with E-state index in [9.17, 15) is 4.79 Å². The molecule has 0 rings (SSSR count). The summed E-state index contributed by atoms with van der Waals surface area (Å²) < 4.78 is 0. The molecule has 2 heteroatoms. The number of ketones is 1. The van der Waals surface area contributed by atoms with Crippen molar-refractivity contribution < 1.29 is 37.5 Å². The third-order valence-electron chi connectivity index (χ3n) is 2.08. The largest absolute Gasteiger partial charge is 0.331 e. The third kappa shape index (κ3) is 10.7. The Morgan fingerprint density at radius 2 is 1.85 bits per heavy atom. The van der Waals surface area contributed by atoms with Gasteiger partial charge in [0.2, 0.25) is 0 Å². The Morgan fingerprint density at radius 1 is 1.31 bits per heavy atom. The Kier molecular flexibility index (Phi) is 11.6. The van der Waals surface area contributed by atoms with Gasteiger partial charge < -0.3 is 11.2 Å². The first kappa shape index (κ1) is 16.2. The molecule has 0 saturated heterocycles. The molecule has 0 N–H and O–H groups in total. The normalized spacial score (nSPS) is 14.5. The zero-order chi connectivity index (χ0) is 9.56. The van der Waals surface area contributed by atoms with Crippen LogP contribution in [0.25, 0.3) is 0 Å². The Labute approximate surface area is 108 Å². The van der Waals surface area contributed by atoms with E-state index >= 15 is 0 Å². The van der Waals surface area contributed by atoms with Crippen molar-refractivity contribution in [2.75, 3.05) is 0 Å². The fraction of sp³-hybridized carbons (Fsp3) is 0.818. The van der Waals surface area contributed by atoms with Gasteiger partial charge in [0.1, 0.15) is 5.78 Å². The molecule has 2 atom stereocenters. The first-order valence-electron chi connectivity index (χ1n) is 4.83. The van der Waals surface area contributed by atoms with Crippen LogP contribution in [0, 0.1) is 18.3 Å². The van der Waals surface area contributed by atoms with Crippen LogP contribution in [0.2, 0.25) is 0 Å². The molecule has 0 saturated carbocycles. The summed E-state index contributed by atoms with van der Waals surface area (Å²) in [7, 11) is 0. The summed E-state index contributed by atoms with van der Waals surface area (Å²) in [6.07, 6.45) is 5.28. The van der Waals surface area contributed by atoms with Crippen molar-refractivity contribution in [1.29, 1.82) is 0 Å². The number of carbonyl (C=O) groups excluding carboxylic acids is 1. The maximum atomic E-state index is 10.8. The molecule has 0 aliphatic heterocycles. The zero-order valence-corrected chi connectivity index (χ0v) is 12.2. The van der Waals surface area contributed by atoms with Crippen molar-refractivity contribution >= 4 is 5.78 Å². The monoisotopic (exact) mass is 258 g/mol. The minimum Gasteiger partial charge on any atom is -0.331 e.